The number of halogens is 2. The van der Waals surface area contributed by atoms with E-state index in [2.05, 4.69) is 83.8 Å². The Morgan fingerprint density at radius 1 is 0.778 bits per heavy atom. The maximum absolute atomic E-state index is 3.66. The molecule has 0 bridgehead atoms. The van der Waals surface area contributed by atoms with Gasteiger partial charge in [0.1, 0.15) is 0 Å². The van der Waals surface area contributed by atoms with E-state index in [1.54, 1.807) is 0 Å². The van der Waals surface area contributed by atoms with E-state index in [-0.39, 0.29) is 0 Å². The van der Waals surface area contributed by atoms with Gasteiger partial charge in [-0.15, -0.1) is 0 Å². The summed E-state index contributed by atoms with van der Waals surface area (Å²) in [7, 11) is 0. The molecule has 0 aliphatic carbocycles. The Kier molecular flexibility index (Phi) is 3.98. The molecule has 2 aromatic carbocycles. The van der Waals surface area contributed by atoms with Crippen LogP contribution in [-0.4, -0.2) is 0 Å². The van der Waals surface area contributed by atoms with Gasteiger partial charge >= 0.3 is 0 Å². The molecule has 0 unspecified atom stereocenters. The molecule has 0 saturated carbocycles. The molecule has 2 rings (SSSR count). The molecular weight excluding hydrogens is 352 g/mol. The van der Waals surface area contributed by atoms with E-state index in [4.69, 9.17) is 0 Å². The molecule has 0 aliphatic heterocycles. The first kappa shape index (κ1) is 13.8. The number of hydrogen-bond acceptors (Lipinski definition) is 0. The highest BCUT2D eigenvalue weighted by Gasteiger charge is 2.14. The predicted octanol–water partition coefficient (Wildman–Crippen LogP) is 6.11. The summed E-state index contributed by atoms with van der Waals surface area (Å²) in [5.41, 5.74) is 7.96. The summed E-state index contributed by atoms with van der Waals surface area (Å²) in [6, 6.07) is 8.65. The Hall–Kier alpha value is -0.600. The van der Waals surface area contributed by atoms with Gasteiger partial charge in [-0.1, -0.05) is 18.2 Å². The molecular formula is C16H16Br2. The molecule has 94 valence electrons. The van der Waals surface area contributed by atoms with Crippen molar-refractivity contribution in [3.05, 3.63) is 55.5 Å². The average molecular weight is 368 g/mol. The molecule has 0 N–H and O–H groups in total. The minimum absolute atomic E-state index is 1.12. The molecule has 0 aliphatic rings. The van der Waals surface area contributed by atoms with E-state index in [0.29, 0.717) is 0 Å². The Labute approximate surface area is 126 Å². The number of hydrogen-bond donors (Lipinski definition) is 0. The highest BCUT2D eigenvalue weighted by atomic mass is 79.9. The van der Waals surface area contributed by atoms with Crippen LogP contribution in [0.3, 0.4) is 0 Å². The molecule has 2 heteroatoms. The van der Waals surface area contributed by atoms with Crippen LogP contribution in [0.1, 0.15) is 22.3 Å². The monoisotopic (exact) mass is 366 g/mol. The first-order valence-electron chi connectivity index (χ1n) is 5.95. The van der Waals surface area contributed by atoms with Gasteiger partial charge in [0.15, 0.2) is 0 Å². The summed E-state index contributed by atoms with van der Waals surface area (Å²) < 4.78 is 2.26. The van der Waals surface area contributed by atoms with Crippen molar-refractivity contribution in [3.8, 4) is 11.1 Å². The van der Waals surface area contributed by atoms with Crippen LogP contribution in [0, 0.1) is 27.7 Å². The second-order valence-electron chi connectivity index (χ2n) is 4.76. The van der Waals surface area contributed by atoms with Crippen LogP contribution < -0.4 is 0 Å². The third-order valence-electron chi connectivity index (χ3n) is 3.38. The zero-order valence-electron chi connectivity index (χ0n) is 11.1. The van der Waals surface area contributed by atoms with Gasteiger partial charge in [0.25, 0.3) is 0 Å². The lowest BCUT2D eigenvalue weighted by molar-refractivity contribution is 1.29. The third kappa shape index (κ3) is 2.28. The summed E-state index contributed by atoms with van der Waals surface area (Å²) in [5.74, 6) is 0. The van der Waals surface area contributed by atoms with Gasteiger partial charge in [-0.05, 0) is 99.0 Å². The molecule has 0 aromatic heterocycles. The smallest absolute Gasteiger partial charge is 0.0353 e. The highest BCUT2D eigenvalue weighted by molar-refractivity contribution is 9.13. The van der Waals surface area contributed by atoms with Crippen molar-refractivity contribution < 1.29 is 0 Å². The Morgan fingerprint density at radius 3 is 1.89 bits per heavy atom. The number of aryl methyl sites for hydroxylation is 3. The molecule has 0 saturated heterocycles. The topological polar surface area (TPSA) is 0 Å². The summed E-state index contributed by atoms with van der Waals surface area (Å²) in [5, 5.41) is 0. The van der Waals surface area contributed by atoms with E-state index in [1.807, 2.05) is 0 Å². The average Bonchev–Trinajstić information content (AvgIpc) is 2.30. The van der Waals surface area contributed by atoms with Crippen molar-refractivity contribution in [1.82, 2.24) is 0 Å². The van der Waals surface area contributed by atoms with E-state index >= 15 is 0 Å². The maximum Gasteiger partial charge on any atom is 0.0353 e. The normalized spacial score (nSPS) is 10.8. The Morgan fingerprint density at radius 2 is 1.33 bits per heavy atom. The summed E-state index contributed by atoms with van der Waals surface area (Å²) in [4.78, 5) is 0. The van der Waals surface area contributed by atoms with Crippen LogP contribution >= 0.6 is 31.9 Å². The Balaban J connectivity index is 2.84. The van der Waals surface area contributed by atoms with E-state index in [0.717, 1.165) is 8.95 Å². The maximum atomic E-state index is 3.66. The second kappa shape index (κ2) is 5.18. The fourth-order valence-corrected chi connectivity index (χ4v) is 3.46. The van der Waals surface area contributed by atoms with Crippen LogP contribution in [0.5, 0.6) is 0 Å². The zero-order valence-corrected chi connectivity index (χ0v) is 14.2. The van der Waals surface area contributed by atoms with E-state index in [1.165, 1.54) is 33.4 Å². The third-order valence-corrected chi connectivity index (χ3v) is 5.56. The summed E-state index contributed by atoms with van der Waals surface area (Å²) >= 11 is 7.26. The Bertz CT molecular complexity index is 593. The molecule has 0 heterocycles. The van der Waals surface area contributed by atoms with Crippen LogP contribution in [0.2, 0.25) is 0 Å². The molecule has 2 aromatic rings. The van der Waals surface area contributed by atoms with E-state index in [9.17, 15) is 0 Å². The molecule has 0 atom stereocenters. The fraction of sp³-hybridized carbons (Fsp3) is 0.250. The van der Waals surface area contributed by atoms with Crippen molar-refractivity contribution in [3.63, 3.8) is 0 Å². The van der Waals surface area contributed by atoms with Crippen LogP contribution in [0.25, 0.3) is 11.1 Å². The van der Waals surface area contributed by atoms with E-state index < -0.39 is 0 Å². The lowest BCUT2D eigenvalue weighted by Gasteiger charge is -2.17. The minimum atomic E-state index is 1.12. The zero-order chi connectivity index (χ0) is 13.4. The van der Waals surface area contributed by atoms with Gasteiger partial charge in [-0.3, -0.25) is 0 Å². The van der Waals surface area contributed by atoms with Crippen LogP contribution in [0.4, 0.5) is 0 Å². The van der Waals surface area contributed by atoms with Gasteiger partial charge in [-0.25, -0.2) is 0 Å². The predicted molar refractivity (Wildman–Crippen MR) is 86.2 cm³/mol. The lowest BCUT2D eigenvalue weighted by Crippen LogP contribution is -1.95. The largest absolute Gasteiger partial charge is 0.0617 e. The summed E-state index contributed by atoms with van der Waals surface area (Å²) in [6.07, 6.45) is 0. The highest BCUT2D eigenvalue weighted by Crippen LogP contribution is 2.39. The van der Waals surface area contributed by atoms with Crippen LogP contribution in [-0.2, 0) is 0 Å². The van der Waals surface area contributed by atoms with Crippen molar-refractivity contribution in [2.75, 3.05) is 0 Å². The van der Waals surface area contributed by atoms with Crippen molar-refractivity contribution in [1.29, 1.82) is 0 Å². The van der Waals surface area contributed by atoms with Crippen molar-refractivity contribution >= 4 is 31.9 Å². The fourth-order valence-electron chi connectivity index (χ4n) is 2.50. The van der Waals surface area contributed by atoms with Crippen molar-refractivity contribution in [2.45, 2.75) is 27.7 Å². The molecule has 0 spiro atoms. The van der Waals surface area contributed by atoms with Crippen LogP contribution in [0.15, 0.2) is 33.2 Å². The van der Waals surface area contributed by atoms with Gasteiger partial charge in [-0.2, -0.15) is 0 Å². The first-order valence-corrected chi connectivity index (χ1v) is 7.54. The first-order chi connectivity index (χ1) is 8.43. The van der Waals surface area contributed by atoms with Gasteiger partial charge < -0.3 is 0 Å². The van der Waals surface area contributed by atoms with Gasteiger partial charge in [0, 0.05) is 8.95 Å². The standard InChI is InChI=1S/C16H16Br2/c1-9-6-5-7-10(2)14(9)15-11(3)8-13(17)16(18)12(15)4/h5-8H,1-4H3. The van der Waals surface area contributed by atoms with Crippen molar-refractivity contribution in [2.24, 2.45) is 0 Å². The second-order valence-corrected chi connectivity index (χ2v) is 6.40. The SMILES string of the molecule is Cc1cccc(C)c1-c1c(C)cc(Br)c(Br)c1C. The molecule has 18 heavy (non-hydrogen) atoms. The molecule has 0 amide bonds. The van der Waals surface area contributed by atoms with Gasteiger partial charge in [0.2, 0.25) is 0 Å². The molecule has 0 radical (unpaired) electrons. The number of rotatable bonds is 1. The van der Waals surface area contributed by atoms with Gasteiger partial charge in [0.05, 0.1) is 0 Å². The quantitative estimate of drug-likeness (QED) is 0.570. The summed E-state index contributed by atoms with van der Waals surface area (Å²) in [6.45, 7) is 8.70. The molecule has 0 fully saturated rings. The molecule has 0 nitrogen and oxygen atoms in total. The minimum Gasteiger partial charge on any atom is -0.0617 e. The lowest BCUT2D eigenvalue weighted by atomic mass is 9.90. The number of benzene rings is 2.